The first-order chi connectivity index (χ1) is 9.34. The molecular formula is C13H11KO5S2. The maximum Gasteiger partial charge on any atom is 1.00 e. The smallest absolute Gasteiger partial charge is 0.736 e. The Bertz CT molecular complexity index is 747. The number of benzene rings is 2. The van der Waals surface area contributed by atoms with Crippen LogP contribution in [0.1, 0.15) is 16.4 Å². The monoisotopic (exact) mass is 350 g/mol. The molecule has 0 spiro atoms. The Morgan fingerprint density at radius 2 is 1.05 bits per heavy atom. The van der Waals surface area contributed by atoms with Crippen LogP contribution in [0.4, 0.5) is 0 Å². The van der Waals surface area contributed by atoms with Gasteiger partial charge in [0.05, 0.1) is 0 Å². The molecule has 0 aliphatic heterocycles. The summed E-state index contributed by atoms with van der Waals surface area (Å²) in [5.74, 6) is 0. The van der Waals surface area contributed by atoms with Crippen LogP contribution in [0.3, 0.4) is 0 Å². The number of rotatable bonds is 4. The second-order valence-corrected chi connectivity index (χ2v) is 8.99. The maximum atomic E-state index is 12.1. The number of hydrogen-bond donors (Lipinski definition) is 0. The second-order valence-electron chi connectivity index (χ2n) is 4.10. The molecular weight excluding hydrogens is 339 g/mol. The minimum absolute atomic E-state index is 0. The molecule has 2 aromatic rings. The fraction of sp³-hybridized carbons (Fsp3) is 0.0769. The van der Waals surface area contributed by atoms with Gasteiger partial charge in [-0.15, -0.1) is 0 Å². The quantitative estimate of drug-likeness (QED) is 0.386. The topological polar surface area (TPSA) is 91.3 Å². The Morgan fingerprint density at radius 3 is 1.33 bits per heavy atom. The van der Waals surface area contributed by atoms with E-state index >= 15 is 0 Å². The normalized spacial score (nSPS) is 11.9. The zero-order valence-corrected chi connectivity index (χ0v) is 16.0. The van der Waals surface area contributed by atoms with Crippen LogP contribution >= 0.6 is 0 Å². The van der Waals surface area contributed by atoms with Gasteiger partial charge in [0.2, 0.25) is 9.15 Å². The third-order valence-electron chi connectivity index (χ3n) is 2.78. The van der Waals surface area contributed by atoms with Crippen molar-refractivity contribution in [2.24, 2.45) is 0 Å². The van der Waals surface area contributed by atoms with Gasteiger partial charge in [0, 0.05) is 0 Å². The first kappa shape index (κ1) is 19.0. The summed E-state index contributed by atoms with van der Waals surface area (Å²) in [6.45, 7) is 0. The van der Waals surface area contributed by atoms with Crippen LogP contribution in [-0.2, 0) is 18.0 Å². The summed E-state index contributed by atoms with van der Waals surface area (Å²) in [4.78, 5) is 0. The van der Waals surface area contributed by atoms with Crippen LogP contribution in [0.2, 0.25) is 0 Å². The van der Waals surface area contributed by atoms with Gasteiger partial charge in [-0.3, -0.25) is 0 Å². The van der Waals surface area contributed by atoms with Gasteiger partial charge in [-0.1, -0.05) is 60.7 Å². The maximum absolute atomic E-state index is 12.1. The van der Waals surface area contributed by atoms with Gasteiger partial charge in [0.25, 0.3) is 8.87 Å². The van der Waals surface area contributed by atoms with E-state index in [2.05, 4.69) is 0 Å². The molecule has 0 amide bonds. The van der Waals surface area contributed by atoms with Gasteiger partial charge in [0.15, 0.2) is 0 Å². The van der Waals surface area contributed by atoms with E-state index in [1.54, 1.807) is 36.4 Å². The molecule has 0 heterocycles. The summed E-state index contributed by atoms with van der Waals surface area (Å²) in [5.41, 5.74) is 0.469. The first-order valence-corrected chi connectivity index (χ1v) is 9.11. The van der Waals surface area contributed by atoms with E-state index in [0.717, 1.165) is 0 Å². The molecule has 0 saturated carbocycles. The van der Waals surface area contributed by atoms with Crippen molar-refractivity contribution in [1.29, 1.82) is 0 Å². The van der Waals surface area contributed by atoms with Gasteiger partial charge >= 0.3 is 51.4 Å². The summed E-state index contributed by atoms with van der Waals surface area (Å²) >= 11 is 0. The molecule has 0 aliphatic carbocycles. The summed E-state index contributed by atoms with van der Waals surface area (Å²) < 4.78 is 57.4. The molecule has 106 valence electrons. The molecule has 2 aromatic carbocycles. The molecule has 0 unspecified atom stereocenters. The van der Waals surface area contributed by atoms with Crippen molar-refractivity contribution in [3.8, 4) is 0 Å². The molecule has 21 heavy (non-hydrogen) atoms. The van der Waals surface area contributed by atoms with Crippen LogP contribution < -0.4 is 51.4 Å². The first-order valence-electron chi connectivity index (χ1n) is 5.63. The molecule has 0 bridgehead atoms. The SMILES string of the molecule is O=S(=O)([O-])S(=O)(=O)C(c1ccccc1)c1ccccc1.[K+]. The fourth-order valence-electron chi connectivity index (χ4n) is 1.90. The Hall–Kier alpha value is -0.0636. The van der Waals surface area contributed by atoms with Crippen molar-refractivity contribution >= 4 is 18.0 Å². The fourth-order valence-corrected chi connectivity index (χ4v) is 4.49. The van der Waals surface area contributed by atoms with Crippen molar-refractivity contribution in [3.63, 3.8) is 0 Å². The van der Waals surface area contributed by atoms with Gasteiger partial charge in [0.1, 0.15) is 5.25 Å². The Labute approximate surface area is 165 Å². The average molecular weight is 350 g/mol. The van der Waals surface area contributed by atoms with E-state index in [1.807, 2.05) is 0 Å². The minimum atomic E-state index is -5.48. The van der Waals surface area contributed by atoms with Crippen LogP contribution in [-0.4, -0.2) is 21.4 Å². The van der Waals surface area contributed by atoms with E-state index in [-0.39, 0.29) is 62.5 Å². The average Bonchev–Trinajstić information content (AvgIpc) is 2.40. The van der Waals surface area contributed by atoms with E-state index < -0.39 is 23.3 Å². The second kappa shape index (κ2) is 7.47. The molecule has 0 atom stereocenters. The molecule has 0 aliphatic rings. The van der Waals surface area contributed by atoms with Crippen LogP contribution in [0.25, 0.3) is 0 Å². The van der Waals surface area contributed by atoms with E-state index in [9.17, 15) is 21.4 Å². The van der Waals surface area contributed by atoms with Crippen LogP contribution in [0, 0.1) is 0 Å². The van der Waals surface area contributed by atoms with Crippen molar-refractivity contribution in [1.82, 2.24) is 0 Å². The predicted molar refractivity (Wildman–Crippen MR) is 73.3 cm³/mol. The Morgan fingerprint density at radius 1 is 0.714 bits per heavy atom. The molecule has 0 saturated heterocycles. The molecule has 8 heteroatoms. The zero-order valence-electron chi connectivity index (χ0n) is 11.2. The van der Waals surface area contributed by atoms with Crippen LogP contribution in [0.15, 0.2) is 60.7 Å². The van der Waals surface area contributed by atoms with E-state index in [4.69, 9.17) is 0 Å². The van der Waals surface area contributed by atoms with E-state index in [0.29, 0.717) is 0 Å². The Kier molecular flexibility index (Phi) is 6.75. The van der Waals surface area contributed by atoms with Gasteiger partial charge in [-0.25, -0.2) is 16.8 Å². The van der Waals surface area contributed by atoms with Gasteiger partial charge < -0.3 is 4.55 Å². The van der Waals surface area contributed by atoms with Gasteiger partial charge in [-0.05, 0) is 11.1 Å². The van der Waals surface area contributed by atoms with Crippen molar-refractivity contribution in [2.75, 3.05) is 0 Å². The van der Waals surface area contributed by atoms with Crippen molar-refractivity contribution in [2.45, 2.75) is 5.25 Å². The standard InChI is InChI=1S/C13H12O5S2.K/c14-19(15,20(16,17)18)13(11-7-3-1-4-8-11)12-9-5-2-6-10-12;/h1-10,13H,(H,16,17,18);/q;+1/p-1. The molecule has 2 rings (SSSR count). The van der Waals surface area contributed by atoms with Gasteiger partial charge in [-0.2, -0.15) is 0 Å². The molecule has 5 nitrogen and oxygen atoms in total. The molecule has 0 N–H and O–H groups in total. The predicted octanol–water partition coefficient (Wildman–Crippen LogP) is -1.34. The summed E-state index contributed by atoms with van der Waals surface area (Å²) in [7, 11) is -10.4. The summed E-state index contributed by atoms with van der Waals surface area (Å²) in [5, 5.41) is -1.52. The third kappa shape index (κ3) is 4.23. The summed E-state index contributed by atoms with van der Waals surface area (Å²) in [6, 6.07) is 15.6. The summed E-state index contributed by atoms with van der Waals surface area (Å²) in [6.07, 6.45) is 0. The third-order valence-corrected chi connectivity index (χ3v) is 6.75. The zero-order chi connectivity index (χ0) is 14.8. The molecule has 0 aromatic heterocycles. The van der Waals surface area contributed by atoms with Crippen molar-refractivity contribution in [3.05, 3.63) is 71.8 Å². The molecule has 0 radical (unpaired) electrons. The minimum Gasteiger partial charge on any atom is -0.736 e. The number of hydrogen-bond acceptors (Lipinski definition) is 5. The largest absolute Gasteiger partial charge is 1.00 e. The van der Waals surface area contributed by atoms with E-state index in [1.165, 1.54) is 24.3 Å². The van der Waals surface area contributed by atoms with Crippen LogP contribution in [0.5, 0.6) is 0 Å². The van der Waals surface area contributed by atoms with Crippen molar-refractivity contribution < 1.29 is 72.8 Å². The molecule has 0 fully saturated rings. The Balaban J connectivity index is 0.00000220.